The Hall–Kier alpha value is -3.39. The predicted molar refractivity (Wildman–Crippen MR) is 129 cm³/mol. The molecule has 8 heteroatoms. The zero-order valence-corrected chi connectivity index (χ0v) is 19.4. The van der Waals surface area contributed by atoms with Crippen LogP contribution < -0.4 is 5.73 Å². The number of aromatic amines is 1. The van der Waals surface area contributed by atoms with Crippen LogP contribution in [0.25, 0.3) is 22.5 Å². The van der Waals surface area contributed by atoms with Crippen molar-refractivity contribution < 1.29 is 0 Å². The summed E-state index contributed by atoms with van der Waals surface area (Å²) >= 11 is 0. The van der Waals surface area contributed by atoms with Gasteiger partial charge in [0, 0.05) is 17.5 Å². The summed E-state index contributed by atoms with van der Waals surface area (Å²) in [6.07, 6.45) is 7.32. The highest BCUT2D eigenvalue weighted by Gasteiger charge is 2.19. The van der Waals surface area contributed by atoms with Gasteiger partial charge in [-0.15, -0.1) is 5.10 Å². The maximum absolute atomic E-state index is 6.15. The van der Waals surface area contributed by atoms with E-state index in [-0.39, 0.29) is 6.04 Å². The molecule has 3 N–H and O–H groups in total. The normalized spacial score (nSPS) is 13.2. The monoisotopic (exact) mass is 444 g/mol. The van der Waals surface area contributed by atoms with Crippen LogP contribution in [0.2, 0.25) is 0 Å². The zero-order chi connectivity index (χ0) is 23.0. The largest absolute Gasteiger partial charge is 0.328 e. The molecule has 0 aliphatic carbocycles. The van der Waals surface area contributed by atoms with E-state index in [1.54, 1.807) is 6.33 Å². The lowest BCUT2D eigenvalue weighted by Crippen LogP contribution is -2.21. The highest BCUT2D eigenvalue weighted by Crippen LogP contribution is 2.30. The first kappa shape index (κ1) is 22.8. The number of unbranched alkanes of at least 4 members (excludes halogenated alkanes) is 2. The third-order valence-electron chi connectivity index (χ3n) is 5.95. The molecule has 0 saturated carbocycles. The lowest BCUT2D eigenvalue weighted by Gasteiger charge is -2.19. The van der Waals surface area contributed by atoms with Crippen molar-refractivity contribution in [3.8, 4) is 22.5 Å². The molecule has 2 heterocycles. The van der Waals surface area contributed by atoms with E-state index in [4.69, 9.17) is 5.73 Å². The second-order valence-corrected chi connectivity index (χ2v) is 8.67. The Labute approximate surface area is 194 Å². The molecule has 33 heavy (non-hydrogen) atoms. The van der Waals surface area contributed by atoms with Gasteiger partial charge in [0.15, 0.2) is 5.82 Å². The van der Waals surface area contributed by atoms with E-state index in [1.807, 2.05) is 22.9 Å². The van der Waals surface area contributed by atoms with Gasteiger partial charge in [0.25, 0.3) is 0 Å². The Balaban J connectivity index is 1.53. The molecule has 0 spiro atoms. The number of hydrogen-bond acceptors (Lipinski definition) is 6. The van der Waals surface area contributed by atoms with Gasteiger partial charge in [0.2, 0.25) is 0 Å². The smallest absolute Gasteiger partial charge is 0.180 e. The van der Waals surface area contributed by atoms with E-state index >= 15 is 0 Å². The summed E-state index contributed by atoms with van der Waals surface area (Å²) in [6.45, 7) is 4.99. The van der Waals surface area contributed by atoms with Gasteiger partial charge in [-0.05, 0) is 46.9 Å². The molecule has 0 saturated heterocycles. The molecule has 4 rings (SSSR count). The lowest BCUT2D eigenvalue weighted by molar-refractivity contribution is 0.454. The van der Waals surface area contributed by atoms with E-state index in [1.165, 1.54) is 24.8 Å². The minimum Gasteiger partial charge on any atom is -0.328 e. The fourth-order valence-corrected chi connectivity index (χ4v) is 4.33. The number of nitrogens with zero attached hydrogens (tertiary/aromatic N) is 6. The summed E-state index contributed by atoms with van der Waals surface area (Å²) in [6, 6.07) is 16.8. The topological polar surface area (TPSA) is 111 Å². The molecule has 2 atom stereocenters. The van der Waals surface area contributed by atoms with E-state index < -0.39 is 0 Å². The number of aromatic nitrogens is 7. The minimum absolute atomic E-state index is 0.140. The third kappa shape index (κ3) is 5.70. The quantitative estimate of drug-likeness (QED) is 0.328. The van der Waals surface area contributed by atoms with Gasteiger partial charge in [-0.1, -0.05) is 74.7 Å². The number of hydrogen-bond donors (Lipinski definition) is 2. The molecule has 172 valence electrons. The van der Waals surface area contributed by atoms with Gasteiger partial charge in [-0.3, -0.25) is 0 Å². The van der Waals surface area contributed by atoms with Crippen LogP contribution in [0.5, 0.6) is 0 Å². The first-order valence-corrected chi connectivity index (χ1v) is 11.7. The molecule has 8 nitrogen and oxygen atoms in total. The van der Waals surface area contributed by atoms with E-state index in [0.29, 0.717) is 18.3 Å². The fourth-order valence-electron chi connectivity index (χ4n) is 4.33. The van der Waals surface area contributed by atoms with Crippen LogP contribution in [0.4, 0.5) is 0 Å². The van der Waals surface area contributed by atoms with Crippen LogP contribution in [0.1, 0.15) is 63.3 Å². The standard InChI is InChI=1S/C25H32N8/c1-3-4-5-8-21(15-18(2)26)25-27-17-28-33(25)16-19-11-13-20(14-12-19)22-9-6-7-10-23(22)24-29-31-32-30-24/h6-7,9-14,17-18,21H,3-5,8,15-16,26H2,1-2H3,(H,29,30,31,32). The van der Waals surface area contributed by atoms with E-state index in [0.717, 1.165) is 35.4 Å². The van der Waals surface area contributed by atoms with E-state index in [2.05, 4.69) is 74.9 Å². The molecule has 4 aromatic rings. The number of rotatable bonds is 11. The van der Waals surface area contributed by atoms with Crippen molar-refractivity contribution in [2.45, 2.75) is 64.5 Å². The van der Waals surface area contributed by atoms with Gasteiger partial charge in [-0.2, -0.15) is 5.10 Å². The molecule has 0 amide bonds. The first-order valence-electron chi connectivity index (χ1n) is 11.7. The highest BCUT2D eigenvalue weighted by molar-refractivity contribution is 5.80. The van der Waals surface area contributed by atoms with Gasteiger partial charge >= 0.3 is 0 Å². The Morgan fingerprint density at radius 2 is 1.82 bits per heavy atom. The predicted octanol–water partition coefficient (Wildman–Crippen LogP) is 4.57. The molecule has 2 unspecified atom stereocenters. The SMILES string of the molecule is CCCCCC(CC(C)N)c1ncnn1Cc1ccc(-c2ccccc2-c2nnn[nH]2)cc1. The molecule has 2 aromatic carbocycles. The van der Waals surface area contributed by atoms with Crippen molar-refractivity contribution in [3.63, 3.8) is 0 Å². The number of tetrazole rings is 1. The van der Waals surface area contributed by atoms with Gasteiger partial charge < -0.3 is 5.73 Å². The molecule has 0 radical (unpaired) electrons. The number of nitrogens with one attached hydrogen (secondary N) is 1. The Morgan fingerprint density at radius 3 is 2.52 bits per heavy atom. The summed E-state index contributed by atoms with van der Waals surface area (Å²) in [4.78, 5) is 4.62. The fraction of sp³-hybridized carbons (Fsp3) is 0.400. The number of H-pyrrole nitrogens is 1. The van der Waals surface area contributed by atoms with Crippen LogP contribution >= 0.6 is 0 Å². The zero-order valence-electron chi connectivity index (χ0n) is 19.4. The molecule has 0 aliphatic heterocycles. The molecule has 2 aromatic heterocycles. The van der Waals surface area contributed by atoms with Crippen molar-refractivity contribution in [1.82, 2.24) is 35.4 Å². The van der Waals surface area contributed by atoms with Gasteiger partial charge in [0.05, 0.1) is 6.54 Å². The Bertz CT molecular complexity index is 1120. The number of benzene rings is 2. The van der Waals surface area contributed by atoms with Crippen molar-refractivity contribution in [2.75, 3.05) is 0 Å². The van der Waals surface area contributed by atoms with Crippen LogP contribution in [-0.2, 0) is 6.54 Å². The van der Waals surface area contributed by atoms with Crippen LogP contribution in [0.3, 0.4) is 0 Å². The third-order valence-corrected chi connectivity index (χ3v) is 5.95. The maximum Gasteiger partial charge on any atom is 0.180 e. The highest BCUT2D eigenvalue weighted by atomic mass is 15.5. The average molecular weight is 445 g/mol. The van der Waals surface area contributed by atoms with Gasteiger partial charge in [-0.25, -0.2) is 14.8 Å². The van der Waals surface area contributed by atoms with Crippen molar-refractivity contribution in [3.05, 3.63) is 66.2 Å². The summed E-state index contributed by atoms with van der Waals surface area (Å²) in [7, 11) is 0. The second kappa shape index (κ2) is 11.0. The molecular formula is C25H32N8. The molecule has 0 fully saturated rings. The Kier molecular flexibility index (Phi) is 7.57. The minimum atomic E-state index is 0.140. The van der Waals surface area contributed by atoms with E-state index in [9.17, 15) is 0 Å². The maximum atomic E-state index is 6.15. The van der Waals surface area contributed by atoms with Crippen molar-refractivity contribution in [2.24, 2.45) is 5.73 Å². The summed E-state index contributed by atoms with van der Waals surface area (Å²) in [5.41, 5.74) is 10.5. The molecule has 0 aliphatic rings. The summed E-state index contributed by atoms with van der Waals surface area (Å²) < 4.78 is 2.03. The van der Waals surface area contributed by atoms with Crippen LogP contribution in [0.15, 0.2) is 54.9 Å². The van der Waals surface area contributed by atoms with Gasteiger partial charge in [0.1, 0.15) is 12.2 Å². The first-order chi connectivity index (χ1) is 16.2. The number of nitrogens with two attached hydrogens (primary N) is 1. The summed E-state index contributed by atoms with van der Waals surface area (Å²) in [5.74, 6) is 2.03. The summed E-state index contributed by atoms with van der Waals surface area (Å²) in [5, 5.41) is 18.9. The molecule has 0 bridgehead atoms. The van der Waals surface area contributed by atoms with Crippen molar-refractivity contribution >= 4 is 0 Å². The molecular weight excluding hydrogens is 412 g/mol. The van der Waals surface area contributed by atoms with Crippen LogP contribution in [-0.4, -0.2) is 41.4 Å². The Morgan fingerprint density at radius 1 is 1.03 bits per heavy atom. The van der Waals surface area contributed by atoms with Crippen molar-refractivity contribution in [1.29, 1.82) is 0 Å². The lowest BCUT2D eigenvalue weighted by atomic mass is 9.93. The second-order valence-electron chi connectivity index (χ2n) is 8.67. The average Bonchev–Trinajstić information content (AvgIpc) is 3.51. The van der Waals surface area contributed by atoms with Crippen LogP contribution in [0, 0.1) is 0 Å².